The highest BCUT2D eigenvalue weighted by atomic mass is 35.5. The summed E-state index contributed by atoms with van der Waals surface area (Å²) in [4.78, 5) is 5.86. The molecule has 2 heterocycles. The molecule has 1 atom stereocenters. The Morgan fingerprint density at radius 2 is 2.17 bits per heavy atom. The molecule has 0 unspecified atom stereocenters. The summed E-state index contributed by atoms with van der Waals surface area (Å²) in [5, 5.41) is 0.765. The van der Waals surface area contributed by atoms with E-state index in [2.05, 4.69) is 54.3 Å². The lowest BCUT2D eigenvalue weighted by molar-refractivity contribution is 0.151. The highest BCUT2D eigenvalue weighted by Crippen LogP contribution is 2.30. The van der Waals surface area contributed by atoms with Gasteiger partial charge in [-0.25, -0.2) is 0 Å². The van der Waals surface area contributed by atoms with Crippen LogP contribution in [0.15, 0.2) is 23.8 Å². The molecule has 124 valence electrons. The number of H-pyrrole nitrogens is 1. The van der Waals surface area contributed by atoms with E-state index in [1.807, 2.05) is 6.07 Å². The first-order valence-corrected chi connectivity index (χ1v) is 8.93. The maximum absolute atomic E-state index is 6.32. The molecule has 3 nitrogen and oxygen atoms in total. The smallest absolute Gasteiger partial charge is 0.178 e. The number of allylic oxidation sites excluding steroid dienone is 1. The van der Waals surface area contributed by atoms with Crippen molar-refractivity contribution in [3.05, 3.63) is 39.1 Å². The number of imidazole rings is 1. The SMILES string of the molecule is CC(C)=CCN1Cc2cc(Cl)cc3[nH]c(=S)n(c23)C[C@H]1C(C)C. The third kappa shape index (κ3) is 3.25. The lowest BCUT2D eigenvalue weighted by atomic mass is 10.0. The summed E-state index contributed by atoms with van der Waals surface area (Å²) in [5.74, 6) is 0.553. The van der Waals surface area contributed by atoms with Crippen LogP contribution in [0.4, 0.5) is 0 Å². The summed E-state index contributed by atoms with van der Waals surface area (Å²) < 4.78 is 3.04. The molecule has 0 aliphatic carbocycles. The minimum atomic E-state index is 0.447. The van der Waals surface area contributed by atoms with Gasteiger partial charge in [0.1, 0.15) is 0 Å². The Bertz CT molecular complexity index is 812. The second-order valence-electron chi connectivity index (χ2n) is 7.02. The molecule has 0 spiro atoms. The first-order valence-electron chi connectivity index (χ1n) is 8.15. The fraction of sp³-hybridized carbons (Fsp3) is 0.500. The van der Waals surface area contributed by atoms with Gasteiger partial charge >= 0.3 is 0 Å². The minimum Gasteiger partial charge on any atom is -0.331 e. The summed E-state index contributed by atoms with van der Waals surface area (Å²) in [5.41, 5.74) is 4.86. The fourth-order valence-electron chi connectivity index (χ4n) is 3.42. The Hall–Kier alpha value is -1.10. The van der Waals surface area contributed by atoms with E-state index in [-0.39, 0.29) is 0 Å². The molecule has 0 bridgehead atoms. The average Bonchev–Trinajstić information content (AvgIpc) is 2.65. The molecule has 1 aromatic heterocycles. The van der Waals surface area contributed by atoms with Crippen molar-refractivity contribution in [2.75, 3.05) is 6.54 Å². The average molecular weight is 350 g/mol. The molecule has 1 aliphatic heterocycles. The Labute approximate surface area is 147 Å². The topological polar surface area (TPSA) is 24.0 Å². The molecular weight excluding hydrogens is 326 g/mol. The molecule has 0 amide bonds. The molecule has 3 rings (SSSR count). The molecule has 1 aliphatic rings. The standard InChI is InChI=1S/C18H24ClN3S/c1-11(2)5-6-21-9-13-7-14(19)8-15-17(13)22(18(23)20-15)10-16(21)12(3)4/h5,7-8,12,16H,6,9-10H2,1-4H3,(H,20,23)/t16-/m0/s1. The van der Waals surface area contributed by atoms with Crippen LogP contribution in [0.2, 0.25) is 5.02 Å². The number of aromatic amines is 1. The molecule has 0 saturated carbocycles. The van der Waals surface area contributed by atoms with Gasteiger partial charge in [-0.15, -0.1) is 0 Å². The quantitative estimate of drug-likeness (QED) is 0.611. The maximum Gasteiger partial charge on any atom is 0.178 e. The molecule has 0 fully saturated rings. The first kappa shape index (κ1) is 16.7. The number of hydrogen-bond acceptors (Lipinski definition) is 2. The largest absolute Gasteiger partial charge is 0.331 e. The molecular formula is C18H24ClN3S. The van der Waals surface area contributed by atoms with Gasteiger partial charge in [-0.3, -0.25) is 4.90 Å². The summed E-state index contributed by atoms with van der Waals surface area (Å²) in [6.07, 6.45) is 2.30. The van der Waals surface area contributed by atoms with Crippen LogP contribution in [-0.4, -0.2) is 27.0 Å². The van der Waals surface area contributed by atoms with E-state index in [0.717, 1.165) is 34.9 Å². The van der Waals surface area contributed by atoms with E-state index in [0.29, 0.717) is 12.0 Å². The number of halogens is 1. The van der Waals surface area contributed by atoms with E-state index in [4.69, 9.17) is 23.8 Å². The lowest BCUT2D eigenvalue weighted by Gasteiger charge is -2.32. The van der Waals surface area contributed by atoms with Gasteiger partial charge in [0, 0.05) is 30.7 Å². The molecule has 0 radical (unpaired) electrons. The highest BCUT2D eigenvalue weighted by molar-refractivity contribution is 7.71. The summed E-state index contributed by atoms with van der Waals surface area (Å²) in [6, 6.07) is 4.51. The molecule has 23 heavy (non-hydrogen) atoms. The number of nitrogens with zero attached hydrogens (tertiary/aromatic N) is 2. The van der Waals surface area contributed by atoms with Crippen molar-refractivity contribution in [2.24, 2.45) is 5.92 Å². The van der Waals surface area contributed by atoms with Crippen molar-refractivity contribution >= 4 is 34.9 Å². The van der Waals surface area contributed by atoms with Crippen LogP contribution in [0, 0.1) is 10.7 Å². The monoisotopic (exact) mass is 349 g/mol. The third-order valence-corrected chi connectivity index (χ3v) is 5.17. The van der Waals surface area contributed by atoms with Gasteiger partial charge in [0.2, 0.25) is 0 Å². The predicted octanol–water partition coefficient (Wildman–Crippen LogP) is 5.16. The normalized spacial score (nSPS) is 18.4. The summed E-state index contributed by atoms with van der Waals surface area (Å²) in [6.45, 7) is 11.7. The minimum absolute atomic E-state index is 0.447. The van der Waals surface area contributed by atoms with Crippen molar-refractivity contribution in [3.8, 4) is 0 Å². The van der Waals surface area contributed by atoms with Crippen LogP contribution in [0.3, 0.4) is 0 Å². The number of aromatic nitrogens is 2. The van der Waals surface area contributed by atoms with E-state index in [9.17, 15) is 0 Å². The lowest BCUT2D eigenvalue weighted by Crippen LogP contribution is -2.40. The van der Waals surface area contributed by atoms with Crippen molar-refractivity contribution in [3.63, 3.8) is 0 Å². The number of hydrogen-bond donors (Lipinski definition) is 1. The molecule has 1 N–H and O–H groups in total. The van der Waals surface area contributed by atoms with Crippen LogP contribution in [0.1, 0.15) is 33.3 Å². The van der Waals surface area contributed by atoms with Crippen LogP contribution in [-0.2, 0) is 13.1 Å². The van der Waals surface area contributed by atoms with Gasteiger partial charge in [0.15, 0.2) is 4.77 Å². The molecule has 1 aromatic carbocycles. The van der Waals surface area contributed by atoms with Gasteiger partial charge in [-0.05, 0) is 49.7 Å². The number of nitrogens with one attached hydrogen (secondary N) is 1. The zero-order chi connectivity index (χ0) is 16.7. The van der Waals surface area contributed by atoms with Crippen LogP contribution < -0.4 is 0 Å². The second kappa shape index (κ2) is 6.42. The Kier molecular flexibility index (Phi) is 4.68. The van der Waals surface area contributed by atoms with Crippen LogP contribution in [0.25, 0.3) is 11.0 Å². The van der Waals surface area contributed by atoms with Gasteiger partial charge in [0.25, 0.3) is 0 Å². The predicted molar refractivity (Wildman–Crippen MR) is 101 cm³/mol. The summed E-state index contributed by atoms with van der Waals surface area (Å²) >= 11 is 11.9. The third-order valence-electron chi connectivity index (χ3n) is 4.63. The van der Waals surface area contributed by atoms with Gasteiger partial charge in [0.05, 0.1) is 11.0 Å². The van der Waals surface area contributed by atoms with E-state index < -0.39 is 0 Å². The van der Waals surface area contributed by atoms with Crippen molar-refractivity contribution < 1.29 is 0 Å². The van der Waals surface area contributed by atoms with Crippen molar-refractivity contribution in [1.82, 2.24) is 14.5 Å². The first-order chi connectivity index (χ1) is 10.9. The zero-order valence-corrected chi connectivity index (χ0v) is 15.8. The highest BCUT2D eigenvalue weighted by Gasteiger charge is 2.27. The van der Waals surface area contributed by atoms with E-state index >= 15 is 0 Å². The molecule has 2 aromatic rings. The number of rotatable bonds is 3. The molecule has 5 heteroatoms. The Morgan fingerprint density at radius 1 is 1.43 bits per heavy atom. The number of benzene rings is 1. The zero-order valence-electron chi connectivity index (χ0n) is 14.2. The Morgan fingerprint density at radius 3 is 2.83 bits per heavy atom. The van der Waals surface area contributed by atoms with Crippen molar-refractivity contribution in [2.45, 2.75) is 46.8 Å². The fourth-order valence-corrected chi connectivity index (χ4v) is 3.94. The van der Waals surface area contributed by atoms with E-state index in [1.54, 1.807) is 0 Å². The Balaban J connectivity index is 2.13. The molecule has 0 saturated heterocycles. The van der Waals surface area contributed by atoms with Crippen LogP contribution in [0.5, 0.6) is 0 Å². The van der Waals surface area contributed by atoms with Gasteiger partial charge in [-0.1, -0.05) is 37.1 Å². The van der Waals surface area contributed by atoms with Gasteiger partial charge in [-0.2, -0.15) is 0 Å². The van der Waals surface area contributed by atoms with Crippen molar-refractivity contribution in [1.29, 1.82) is 0 Å². The summed E-state index contributed by atoms with van der Waals surface area (Å²) in [7, 11) is 0. The second-order valence-corrected chi connectivity index (χ2v) is 7.85. The van der Waals surface area contributed by atoms with Gasteiger partial charge < -0.3 is 9.55 Å². The van der Waals surface area contributed by atoms with Crippen LogP contribution >= 0.6 is 23.8 Å². The van der Waals surface area contributed by atoms with E-state index in [1.165, 1.54) is 16.7 Å². The maximum atomic E-state index is 6.32.